The smallest absolute Gasteiger partial charge is 0.209 e. The second-order valence-electron chi connectivity index (χ2n) is 11.2. The Morgan fingerprint density at radius 1 is 0.733 bits per heavy atom. The molecule has 0 heterocycles. The summed E-state index contributed by atoms with van der Waals surface area (Å²) in [5.74, 6) is 1.18. The zero-order valence-electron chi connectivity index (χ0n) is 18.5. The molecule has 166 valence electrons. The van der Waals surface area contributed by atoms with Crippen molar-refractivity contribution >= 4 is 20.0 Å². The van der Waals surface area contributed by atoms with Gasteiger partial charge in [0.15, 0.2) is 0 Å². The lowest BCUT2D eigenvalue weighted by molar-refractivity contribution is -0.0213. The molecular weight excluding hydrogens is 420 g/mol. The predicted molar refractivity (Wildman–Crippen MR) is 117 cm³/mol. The number of benzene rings is 1. The van der Waals surface area contributed by atoms with Crippen molar-refractivity contribution in [1.29, 1.82) is 0 Å². The van der Waals surface area contributed by atoms with Gasteiger partial charge in [-0.3, -0.25) is 0 Å². The first-order valence-corrected chi connectivity index (χ1v) is 14.5. The largest absolute Gasteiger partial charge is 0.213 e. The summed E-state index contributed by atoms with van der Waals surface area (Å²) in [4.78, 5) is 0. The van der Waals surface area contributed by atoms with Gasteiger partial charge in [0.2, 0.25) is 20.0 Å². The molecule has 7 rings (SSSR count). The summed E-state index contributed by atoms with van der Waals surface area (Å²) in [5, 5.41) is 0. The lowest BCUT2D eigenvalue weighted by Gasteiger charge is -2.64. The molecule has 0 unspecified atom stereocenters. The Kier molecular flexibility index (Phi) is 4.10. The van der Waals surface area contributed by atoms with Gasteiger partial charge in [0.1, 0.15) is 0 Å². The molecule has 0 saturated heterocycles. The first kappa shape index (κ1) is 20.9. The molecular formula is C22H32N2O4S2. The van der Waals surface area contributed by atoms with Gasteiger partial charge in [0.25, 0.3) is 0 Å². The van der Waals surface area contributed by atoms with E-state index in [0.29, 0.717) is 11.8 Å². The van der Waals surface area contributed by atoms with Crippen LogP contribution in [0.5, 0.6) is 0 Å². The van der Waals surface area contributed by atoms with E-state index in [9.17, 15) is 16.8 Å². The van der Waals surface area contributed by atoms with Crippen molar-refractivity contribution in [3.63, 3.8) is 0 Å². The van der Waals surface area contributed by atoms with E-state index in [4.69, 9.17) is 0 Å². The topological polar surface area (TPSA) is 92.3 Å². The van der Waals surface area contributed by atoms with Gasteiger partial charge in [-0.1, -0.05) is 39.8 Å². The Labute approximate surface area is 180 Å². The highest BCUT2D eigenvalue weighted by Crippen LogP contribution is 2.71. The first-order chi connectivity index (χ1) is 13.6. The minimum atomic E-state index is -3.42. The molecule has 2 N–H and O–H groups in total. The summed E-state index contributed by atoms with van der Waals surface area (Å²) in [6, 6.07) is 3.77. The van der Waals surface area contributed by atoms with Crippen LogP contribution in [-0.4, -0.2) is 29.3 Å². The molecule has 0 amide bonds. The standard InChI is InChI=1S/C22H32N2O4S2/c1-21(2)13-9-15(21)19(23-29(5,25)26)17-11(13)7-8-12-14-10-16(22(14,3)4)20(18(12)17)24-30(6,27)28/h7-8,13-16,19-20,23-24H,9-10H2,1-6H3/t13-,14+,15-,16+,19-,20-/m0/s1. The van der Waals surface area contributed by atoms with E-state index in [-0.39, 0.29) is 34.7 Å². The van der Waals surface area contributed by atoms with Crippen LogP contribution in [0.3, 0.4) is 0 Å². The number of hydrogen-bond acceptors (Lipinski definition) is 4. The van der Waals surface area contributed by atoms with Crippen molar-refractivity contribution < 1.29 is 16.8 Å². The van der Waals surface area contributed by atoms with E-state index < -0.39 is 20.0 Å². The van der Waals surface area contributed by atoms with Crippen LogP contribution >= 0.6 is 0 Å². The van der Waals surface area contributed by atoms with E-state index in [2.05, 4.69) is 49.3 Å². The third-order valence-electron chi connectivity index (χ3n) is 8.90. The quantitative estimate of drug-likeness (QED) is 0.734. The van der Waals surface area contributed by atoms with Gasteiger partial charge < -0.3 is 0 Å². The number of nitrogens with one attached hydrogen (secondary N) is 2. The van der Waals surface area contributed by atoms with Crippen LogP contribution in [0.2, 0.25) is 0 Å². The maximum atomic E-state index is 12.3. The van der Waals surface area contributed by atoms with Gasteiger partial charge in [0, 0.05) is 0 Å². The third-order valence-corrected chi connectivity index (χ3v) is 10.3. The second-order valence-corrected chi connectivity index (χ2v) is 14.8. The van der Waals surface area contributed by atoms with Crippen LogP contribution in [0.15, 0.2) is 12.1 Å². The van der Waals surface area contributed by atoms with E-state index >= 15 is 0 Å². The van der Waals surface area contributed by atoms with Crippen molar-refractivity contribution in [2.45, 2.75) is 64.5 Å². The Bertz CT molecular complexity index is 1060. The maximum Gasteiger partial charge on any atom is 0.209 e. The van der Waals surface area contributed by atoms with Gasteiger partial charge in [0.05, 0.1) is 24.6 Å². The molecule has 1 aromatic carbocycles. The summed E-state index contributed by atoms with van der Waals surface area (Å²) in [6.45, 7) is 8.88. The second kappa shape index (κ2) is 5.88. The lowest BCUT2D eigenvalue weighted by Crippen LogP contribution is -2.58. The monoisotopic (exact) mass is 452 g/mol. The molecule has 1 aromatic rings. The molecule has 2 fully saturated rings. The van der Waals surface area contributed by atoms with E-state index in [0.717, 1.165) is 24.0 Å². The van der Waals surface area contributed by atoms with Crippen molar-refractivity contribution in [2.75, 3.05) is 12.5 Å². The predicted octanol–water partition coefficient (Wildman–Crippen LogP) is 3.15. The fourth-order valence-electron chi connectivity index (χ4n) is 7.22. The van der Waals surface area contributed by atoms with Crippen LogP contribution < -0.4 is 9.44 Å². The van der Waals surface area contributed by atoms with Crippen molar-refractivity contribution in [3.05, 3.63) is 34.4 Å². The third kappa shape index (κ3) is 2.72. The van der Waals surface area contributed by atoms with Crippen molar-refractivity contribution in [2.24, 2.45) is 22.7 Å². The summed E-state index contributed by atoms with van der Waals surface area (Å²) >= 11 is 0. The Morgan fingerprint density at radius 3 is 1.33 bits per heavy atom. The molecule has 6 nitrogen and oxygen atoms in total. The van der Waals surface area contributed by atoms with E-state index in [1.54, 1.807) is 0 Å². The SMILES string of the molecule is CC1(C)[C@@H]2C[C@@H]1[C@H](NS(C)(=O)=O)c1c2ccc2c1[C@@H](NS(C)(=O)=O)[C@@H]1C[C@@H]2C1(C)C. The normalized spacial score (nSPS) is 37.4. The van der Waals surface area contributed by atoms with E-state index in [1.807, 2.05) is 0 Å². The first-order valence-electron chi connectivity index (χ1n) is 10.7. The van der Waals surface area contributed by atoms with Crippen LogP contribution in [0.1, 0.15) is 86.7 Å². The lowest BCUT2D eigenvalue weighted by atomic mass is 9.42. The molecule has 2 saturated carbocycles. The average Bonchev–Trinajstić information content (AvgIpc) is 2.57. The van der Waals surface area contributed by atoms with Crippen molar-refractivity contribution in [1.82, 2.24) is 9.44 Å². The number of sulfonamides is 2. The molecule has 30 heavy (non-hydrogen) atoms. The van der Waals surface area contributed by atoms with Gasteiger partial charge in [-0.15, -0.1) is 0 Å². The summed E-state index contributed by atoms with van der Waals surface area (Å²) in [5.41, 5.74) is 4.51. The highest BCUT2D eigenvalue weighted by atomic mass is 32.2. The molecule has 6 atom stereocenters. The number of hydrogen-bond donors (Lipinski definition) is 2. The van der Waals surface area contributed by atoms with Crippen LogP contribution in [0.25, 0.3) is 0 Å². The Balaban J connectivity index is 1.76. The molecule has 8 heteroatoms. The molecule has 0 radical (unpaired) electrons. The van der Waals surface area contributed by atoms with Crippen LogP contribution in [0.4, 0.5) is 0 Å². The zero-order valence-corrected chi connectivity index (χ0v) is 20.1. The maximum absolute atomic E-state index is 12.3. The Morgan fingerprint density at radius 2 is 1.07 bits per heavy atom. The fraction of sp³-hybridized carbons (Fsp3) is 0.727. The molecule has 0 aliphatic heterocycles. The molecule has 0 spiro atoms. The Hall–Kier alpha value is -0.960. The van der Waals surface area contributed by atoms with Crippen molar-refractivity contribution in [3.8, 4) is 0 Å². The average molecular weight is 453 g/mol. The minimum absolute atomic E-state index is 0.0141. The fourth-order valence-corrected chi connectivity index (χ4v) is 8.71. The van der Waals surface area contributed by atoms with Gasteiger partial charge >= 0.3 is 0 Å². The zero-order chi connectivity index (χ0) is 22.0. The molecule has 6 aliphatic rings. The molecule has 4 bridgehead atoms. The number of rotatable bonds is 4. The highest BCUT2D eigenvalue weighted by Gasteiger charge is 2.62. The highest BCUT2D eigenvalue weighted by molar-refractivity contribution is 7.89. The van der Waals surface area contributed by atoms with Crippen LogP contribution in [-0.2, 0) is 20.0 Å². The van der Waals surface area contributed by atoms with Gasteiger partial charge in [-0.2, -0.15) is 0 Å². The van der Waals surface area contributed by atoms with Gasteiger partial charge in [-0.05, 0) is 69.6 Å². The van der Waals surface area contributed by atoms with E-state index in [1.165, 1.54) is 23.6 Å². The summed E-state index contributed by atoms with van der Waals surface area (Å²) < 4.78 is 55.1. The van der Waals surface area contributed by atoms with Crippen LogP contribution in [0, 0.1) is 22.7 Å². The molecule has 6 aliphatic carbocycles. The minimum Gasteiger partial charge on any atom is -0.213 e. The van der Waals surface area contributed by atoms with Gasteiger partial charge in [-0.25, -0.2) is 26.3 Å². The molecule has 0 aromatic heterocycles. The summed E-state index contributed by atoms with van der Waals surface area (Å²) in [7, 11) is -6.84. The summed E-state index contributed by atoms with van der Waals surface area (Å²) in [6.07, 6.45) is 4.36.